The third-order valence-corrected chi connectivity index (χ3v) is 16.2. The van der Waals surface area contributed by atoms with Crippen molar-refractivity contribution in [3.63, 3.8) is 0 Å². The van der Waals surface area contributed by atoms with E-state index in [1.807, 2.05) is 60.0 Å². The van der Waals surface area contributed by atoms with Crippen LogP contribution in [0.2, 0.25) is 30.1 Å². The molecule has 4 aliphatic rings. The average molecular weight is 1030 g/mol. The molecule has 358 valence electrons. The van der Waals surface area contributed by atoms with E-state index in [1.165, 1.54) is 0 Å². The summed E-state index contributed by atoms with van der Waals surface area (Å²) >= 11 is 36.9. The van der Waals surface area contributed by atoms with E-state index in [2.05, 4.69) is 15.9 Å². The van der Waals surface area contributed by atoms with Gasteiger partial charge < -0.3 is 24.0 Å². The highest BCUT2D eigenvalue weighted by Crippen LogP contribution is 2.42. The molecule has 2 aromatic heterocycles. The van der Waals surface area contributed by atoms with Crippen molar-refractivity contribution in [3.8, 4) is 24.1 Å². The van der Waals surface area contributed by atoms with Gasteiger partial charge in [-0.05, 0) is 119 Å². The van der Waals surface area contributed by atoms with Gasteiger partial charge in [0.15, 0.2) is 0 Å². The number of ether oxygens (including phenoxy) is 3. The Morgan fingerprint density at radius 2 is 1.06 bits per heavy atom. The number of amides is 2. The molecule has 2 saturated heterocycles. The van der Waals surface area contributed by atoms with Gasteiger partial charge >= 0.3 is 0 Å². The highest BCUT2D eigenvalue weighted by molar-refractivity contribution is 6.42. The number of carbonyl (C=O) groups excluding carboxylic acids is 2. The van der Waals surface area contributed by atoms with Gasteiger partial charge in [-0.3, -0.25) is 9.59 Å². The van der Waals surface area contributed by atoms with Crippen LogP contribution in [0.15, 0.2) is 73.1 Å². The Morgan fingerprint density at radius 1 is 0.627 bits per heavy atom. The Morgan fingerprint density at radius 3 is 1.43 bits per heavy atom. The number of benzene rings is 2. The number of pyridine rings is 2. The molecular weight excluding hydrogens is 973 g/mol. The highest BCUT2D eigenvalue weighted by Gasteiger charge is 2.44. The van der Waals surface area contributed by atoms with E-state index in [9.17, 15) is 9.59 Å². The number of aromatic nitrogens is 2. The molecule has 4 aromatic rings. The van der Waals surface area contributed by atoms with Gasteiger partial charge in [-0.25, -0.2) is 9.97 Å². The van der Waals surface area contributed by atoms with Crippen molar-refractivity contribution in [2.24, 2.45) is 35.5 Å². The predicted molar refractivity (Wildman–Crippen MR) is 269 cm³/mol. The molecule has 2 aromatic carbocycles. The maximum absolute atomic E-state index is 13.5. The normalized spacial score (nSPS) is 25.9. The molecule has 0 bridgehead atoms. The van der Waals surface area contributed by atoms with Crippen molar-refractivity contribution in [2.45, 2.75) is 89.3 Å². The number of hydrogen-bond donors (Lipinski definition) is 0. The van der Waals surface area contributed by atoms with Crippen molar-refractivity contribution in [1.29, 1.82) is 0 Å². The summed E-state index contributed by atoms with van der Waals surface area (Å²) in [6, 6.07) is 18.5. The molecule has 4 fully saturated rings. The van der Waals surface area contributed by atoms with E-state index in [0.717, 1.165) is 69.1 Å². The Hall–Kier alpha value is -3.46. The maximum Gasteiger partial charge on any atom is 0.225 e. The molecule has 9 nitrogen and oxygen atoms in total. The third kappa shape index (κ3) is 13.2. The Kier molecular flexibility index (Phi) is 18.3. The fraction of sp³-hybridized carbons (Fsp3) is 0.500. The Bertz CT molecular complexity index is 2330. The molecule has 2 aliphatic carbocycles. The quantitative estimate of drug-likeness (QED) is 0.130. The van der Waals surface area contributed by atoms with Crippen molar-refractivity contribution in [2.75, 3.05) is 39.9 Å². The number of methoxy groups -OCH3 is 1. The summed E-state index contributed by atoms with van der Waals surface area (Å²) in [5.41, 5.74) is 2.12. The van der Waals surface area contributed by atoms with Crippen molar-refractivity contribution < 1.29 is 23.8 Å². The van der Waals surface area contributed by atoms with Crippen LogP contribution in [0.5, 0.6) is 11.8 Å². The lowest BCUT2D eigenvalue weighted by atomic mass is 9.81. The molecule has 67 heavy (non-hydrogen) atoms. The number of nitrogens with zero attached hydrogens (tertiary/aromatic N) is 4. The molecule has 2 amide bonds. The average Bonchev–Trinajstić information content (AvgIpc) is 3.99. The number of terminal acetylenes is 1. The molecule has 0 N–H and O–H groups in total. The van der Waals surface area contributed by atoms with Crippen LogP contribution < -0.4 is 9.47 Å². The third-order valence-electron chi connectivity index (χ3n) is 14.2. The summed E-state index contributed by atoms with van der Waals surface area (Å²) in [4.78, 5) is 39.5. The van der Waals surface area contributed by atoms with Crippen LogP contribution in [-0.4, -0.2) is 83.7 Å². The molecule has 0 spiro atoms. The number of halogens is 6. The zero-order valence-corrected chi connectivity index (χ0v) is 42.6. The lowest BCUT2D eigenvalue weighted by molar-refractivity contribution is -0.136. The second-order valence-corrected chi connectivity index (χ2v) is 21.0. The van der Waals surface area contributed by atoms with Gasteiger partial charge in [0, 0.05) is 106 Å². The smallest absolute Gasteiger partial charge is 0.225 e. The van der Waals surface area contributed by atoms with Crippen LogP contribution in [0.25, 0.3) is 0 Å². The summed E-state index contributed by atoms with van der Waals surface area (Å²) in [5, 5.41) is 3.19. The van der Waals surface area contributed by atoms with E-state index >= 15 is 0 Å². The zero-order valence-electron chi connectivity index (χ0n) is 38.1. The molecular formula is C52H58Cl6N4O5. The van der Waals surface area contributed by atoms with Gasteiger partial charge in [0.2, 0.25) is 23.6 Å². The first-order valence-electron chi connectivity index (χ1n) is 23.2. The number of carbonyl (C=O) groups is 2. The summed E-state index contributed by atoms with van der Waals surface area (Å²) in [7, 11) is 1.74. The Balaban J connectivity index is 0.000000199. The molecule has 15 heteroatoms. The maximum atomic E-state index is 13.5. The monoisotopic (exact) mass is 1030 g/mol. The van der Waals surface area contributed by atoms with Gasteiger partial charge in [0.25, 0.3) is 0 Å². The number of likely N-dealkylation sites (tertiary alicyclic amines) is 2. The first-order valence-corrected chi connectivity index (χ1v) is 25.5. The fourth-order valence-corrected chi connectivity index (χ4v) is 11.3. The van der Waals surface area contributed by atoms with E-state index in [0.29, 0.717) is 79.9 Å². The van der Waals surface area contributed by atoms with Gasteiger partial charge in [-0.15, -0.1) is 12.3 Å². The predicted octanol–water partition coefficient (Wildman–Crippen LogP) is 13.0. The van der Waals surface area contributed by atoms with Gasteiger partial charge in [0.05, 0.1) is 30.1 Å². The van der Waals surface area contributed by atoms with Gasteiger partial charge in [0.1, 0.15) is 12.2 Å². The minimum absolute atomic E-state index is 0.0389. The molecule has 6 atom stereocenters. The SMILES string of the molecule is C#CC1CCC(C(=O)N2CC(c3ccc(Cl)c(Cl)c3)C(C(C)Oc3ccc(Cl)cn3)C2)CC1.COCC1CCC(C(=O)N2CC(c3ccc(Cl)c(Cl)c3)C(C(C)Oc3ccc(Cl)cn3)C2)CC1. The molecule has 0 radical (unpaired) electrons. The topological polar surface area (TPSA) is 94.1 Å². The summed E-state index contributed by atoms with van der Waals surface area (Å²) in [6.07, 6.45) is 15.9. The highest BCUT2D eigenvalue weighted by atomic mass is 35.5. The minimum Gasteiger partial charge on any atom is -0.474 e. The summed E-state index contributed by atoms with van der Waals surface area (Å²) < 4.78 is 17.7. The van der Waals surface area contributed by atoms with E-state index in [-0.39, 0.29) is 59.5 Å². The molecule has 8 rings (SSSR count). The largest absolute Gasteiger partial charge is 0.474 e. The number of rotatable bonds is 12. The van der Waals surface area contributed by atoms with Crippen LogP contribution in [0, 0.1) is 47.9 Å². The summed E-state index contributed by atoms with van der Waals surface area (Å²) in [5.74, 6) is 5.64. The first-order chi connectivity index (χ1) is 32.2. The summed E-state index contributed by atoms with van der Waals surface area (Å²) in [6.45, 7) is 7.36. The van der Waals surface area contributed by atoms with Crippen LogP contribution in [0.1, 0.15) is 88.2 Å². The lowest BCUT2D eigenvalue weighted by Crippen LogP contribution is -2.37. The zero-order chi connectivity index (χ0) is 47.8. The molecule has 6 unspecified atom stereocenters. The number of hydrogen-bond acceptors (Lipinski definition) is 7. The first kappa shape index (κ1) is 51.4. The van der Waals surface area contributed by atoms with Crippen LogP contribution in [0.4, 0.5) is 0 Å². The lowest BCUT2D eigenvalue weighted by Gasteiger charge is -2.30. The van der Waals surface area contributed by atoms with Gasteiger partial charge in [-0.1, -0.05) is 81.7 Å². The molecule has 2 aliphatic heterocycles. The molecule has 4 heterocycles. The van der Waals surface area contributed by atoms with Gasteiger partial charge in [-0.2, -0.15) is 0 Å². The van der Waals surface area contributed by atoms with E-state index in [4.69, 9.17) is 90.2 Å². The molecule has 2 saturated carbocycles. The van der Waals surface area contributed by atoms with Crippen molar-refractivity contribution >= 4 is 81.4 Å². The standard InChI is InChI=1S/C26H31Cl3N2O3.C26H27Cl3N2O2/c1-16(34-25-10-8-20(27)12-30-25)21-13-31(14-22(21)19-7-9-23(28)24(29)11-19)26(32)18-5-3-17(4-6-18)15-33-2;1-3-17-4-6-18(7-5-17)26(32)31-14-21(16(2)33-25-11-9-20(27)13-30-25)22(15-31)19-8-10-23(28)24(29)12-19/h7-12,16-18,21-22H,3-6,13-15H2,1-2H3;1,8-13,16-18,21-22H,4-7,14-15H2,2H3. The Labute approximate surface area is 425 Å². The van der Waals surface area contributed by atoms with Crippen molar-refractivity contribution in [3.05, 3.63) is 114 Å². The van der Waals surface area contributed by atoms with Crippen molar-refractivity contribution in [1.82, 2.24) is 19.8 Å². The van der Waals surface area contributed by atoms with Crippen LogP contribution in [0.3, 0.4) is 0 Å². The second kappa shape index (κ2) is 23.9. The van der Waals surface area contributed by atoms with Crippen LogP contribution in [-0.2, 0) is 14.3 Å². The second-order valence-electron chi connectivity index (χ2n) is 18.5. The minimum atomic E-state index is -0.173. The van der Waals surface area contributed by atoms with Crippen LogP contribution >= 0.6 is 69.6 Å². The van der Waals surface area contributed by atoms with E-state index < -0.39 is 0 Å². The van der Waals surface area contributed by atoms with E-state index in [1.54, 1.807) is 43.8 Å². The fourth-order valence-electron chi connectivity index (χ4n) is 10.4.